The van der Waals surface area contributed by atoms with Crippen LogP contribution in [0.5, 0.6) is 0 Å². The van der Waals surface area contributed by atoms with Crippen molar-refractivity contribution in [2.24, 2.45) is 5.73 Å². The molecule has 0 spiro atoms. The number of fused-ring (bicyclic) bond motifs is 1. The first-order chi connectivity index (χ1) is 10.0. The van der Waals surface area contributed by atoms with Gasteiger partial charge in [0.15, 0.2) is 0 Å². The predicted molar refractivity (Wildman–Crippen MR) is 77.3 cm³/mol. The van der Waals surface area contributed by atoms with Crippen LogP contribution in [-0.4, -0.2) is 23.3 Å². The molecule has 6 nitrogen and oxygen atoms in total. The number of aromatic nitrogens is 2. The smallest absolute Gasteiger partial charge is 0.268 e. The van der Waals surface area contributed by atoms with Gasteiger partial charge in [0.05, 0.1) is 16.6 Å². The largest absolute Gasteiger partial charge is 0.364 e. The van der Waals surface area contributed by atoms with Crippen molar-refractivity contribution in [3.05, 3.63) is 60.6 Å². The molecule has 0 fully saturated rings. The van der Waals surface area contributed by atoms with Gasteiger partial charge in [0.2, 0.25) is 0 Å². The van der Waals surface area contributed by atoms with Gasteiger partial charge in [-0.3, -0.25) is 9.78 Å². The van der Waals surface area contributed by atoms with E-state index >= 15 is 0 Å². The van der Waals surface area contributed by atoms with Crippen LogP contribution in [0.2, 0.25) is 0 Å². The van der Waals surface area contributed by atoms with E-state index in [1.807, 2.05) is 0 Å². The number of benzene rings is 1. The fraction of sp³-hybridized carbons (Fsp3) is 0. The lowest BCUT2D eigenvalue weighted by molar-refractivity contribution is 0.0995. The molecule has 3 aromatic rings. The number of carbonyl (C=O) groups is 1. The Balaban J connectivity index is 2.39. The molecule has 106 valence electrons. The fourth-order valence-electron chi connectivity index (χ4n) is 2.15. The van der Waals surface area contributed by atoms with Crippen LogP contribution in [-0.2, 0) is 10.0 Å². The van der Waals surface area contributed by atoms with Crippen LogP contribution >= 0.6 is 0 Å². The Morgan fingerprint density at radius 1 is 1.14 bits per heavy atom. The molecule has 7 heteroatoms. The zero-order chi connectivity index (χ0) is 15.0. The number of pyridine rings is 1. The highest BCUT2D eigenvalue weighted by molar-refractivity contribution is 7.90. The van der Waals surface area contributed by atoms with Crippen LogP contribution in [0.15, 0.2) is 59.8 Å². The molecule has 2 heterocycles. The molecule has 0 aliphatic heterocycles. The quantitative estimate of drug-likeness (QED) is 0.790. The minimum absolute atomic E-state index is 0.0776. The van der Waals surface area contributed by atoms with Crippen molar-refractivity contribution in [1.29, 1.82) is 0 Å². The van der Waals surface area contributed by atoms with Crippen LogP contribution < -0.4 is 5.73 Å². The van der Waals surface area contributed by atoms with Crippen molar-refractivity contribution < 1.29 is 13.2 Å². The molecule has 0 atom stereocenters. The molecule has 0 bridgehead atoms. The minimum atomic E-state index is -3.92. The standard InChI is InChI=1S/C14H11N3O3S/c15-14(18)12-8-10-6-7-16-9-13(10)17(12)21(19,20)11-4-2-1-3-5-11/h1-9H,(H2,15,18). The van der Waals surface area contributed by atoms with Gasteiger partial charge < -0.3 is 5.73 Å². The SMILES string of the molecule is NC(=O)c1cc2ccncc2n1S(=O)(=O)c1ccccc1. The first-order valence-corrected chi connectivity index (χ1v) is 7.52. The number of carbonyl (C=O) groups excluding carboxylic acids is 1. The fourth-order valence-corrected chi connectivity index (χ4v) is 3.68. The maximum atomic E-state index is 12.8. The molecule has 0 aliphatic carbocycles. The van der Waals surface area contributed by atoms with Gasteiger partial charge in [0.25, 0.3) is 15.9 Å². The first-order valence-electron chi connectivity index (χ1n) is 6.08. The topological polar surface area (TPSA) is 95.1 Å². The summed E-state index contributed by atoms with van der Waals surface area (Å²) < 4.78 is 26.5. The number of hydrogen-bond donors (Lipinski definition) is 1. The molecule has 3 rings (SSSR count). The molecular weight excluding hydrogens is 290 g/mol. The highest BCUT2D eigenvalue weighted by atomic mass is 32.2. The number of primary amides is 1. The van der Waals surface area contributed by atoms with E-state index in [-0.39, 0.29) is 10.6 Å². The maximum Gasteiger partial charge on any atom is 0.268 e. The zero-order valence-electron chi connectivity index (χ0n) is 10.8. The Hall–Kier alpha value is -2.67. The molecule has 0 unspecified atom stereocenters. The van der Waals surface area contributed by atoms with E-state index in [0.29, 0.717) is 10.9 Å². The average molecular weight is 301 g/mol. The summed E-state index contributed by atoms with van der Waals surface area (Å²) in [5.41, 5.74) is 5.53. The molecule has 2 aromatic heterocycles. The van der Waals surface area contributed by atoms with E-state index in [4.69, 9.17) is 5.73 Å². The highest BCUT2D eigenvalue weighted by Crippen LogP contribution is 2.24. The third-order valence-electron chi connectivity index (χ3n) is 3.10. The molecule has 1 aromatic carbocycles. The summed E-state index contributed by atoms with van der Waals surface area (Å²) in [6, 6.07) is 10.9. The van der Waals surface area contributed by atoms with Gasteiger partial charge in [-0.1, -0.05) is 18.2 Å². The summed E-state index contributed by atoms with van der Waals surface area (Å²) >= 11 is 0. The second kappa shape index (κ2) is 4.71. The lowest BCUT2D eigenvalue weighted by Gasteiger charge is -2.09. The molecular formula is C14H11N3O3S. The maximum absolute atomic E-state index is 12.8. The lowest BCUT2D eigenvalue weighted by Crippen LogP contribution is -2.22. The summed E-state index contributed by atoms with van der Waals surface area (Å²) in [6.07, 6.45) is 2.91. The molecule has 0 saturated carbocycles. The molecule has 2 N–H and O–H groups in total. The number of amides is 1. The van der Waals surface area contributed by atoms with Gasteiger partial charge in [-0.2, -0.15) is 0 Å². The van der Waals surface area contributed by atoms with Crippen molar-refractivity contribution >= 4 is 26.8 Å². The summed E-state index contributed by atoms with van der Waals surface area (Å²) in [4.78, 5) is 15.6. The first kappa shape index (κ1) is 13.3. The second-order valence-electron chi connectivity index (χ2n) is 4.41. The Kier molecular flexibility index (Phi) is 2.99. The van der Waals surface area contributed by atoms with Crippen LogP contribution in [0.1, 0.15) is 10.5 Å². The number of hydrogen-bond acceptors (Lipinski definition) is 4. The van der Waals surface area contributed by atoms with Crippen molar-refractivity contribution in [3.8, 4) is 0 Å². The Morgan fingerprint density at radius 3 is 2.52 bits per heavy atom. The van der Waals surface area contributed by atoms with E-state index in [0.717, 1.165) is 3.97 Å². The Bertz CT molecular complexity index is 931. The summed E-state index contributed by atoms with van der Waals surface area (Å²) in [6.45, 7) is 0. The monoisotopic (exact) mass is 301 g/mol. The molecule has 0 radical (unpaired) electrons. The Labute approximate surface area is 120 Å². The van der Waals surface area contributed by atoms with Crippen LogP contribution in [0.3, 0.4) is 0 Å². The van der Waals surface area contributed by atoms with Crippen molar-refractivity contribution in [1.82, 2.24) is 8.96 Å². The van der Waals surface area contributed by atoms with Gasteiger partial charge in [0, 0.05) is 11.6 Å². The normalized spacial score (nSPS) is 11.6. The van der Waals surface area contributed by atoms with Gasteiger partial charge in [-0.15, -0.1) is 0 Å². The lowest BCUT2D eigenvalue weighted by atomic mass is 10.3. The van der Waals surface area contributed by atoms with E-state index in [2.05, 4.69) is 4.98 Å². The van der Waals surface area contributed by atoms with Gasteiger partial charge in [-0.25, -0.2) is 12.4 Å². The van der Waals surface area contributed by atoms with E-state index in [1.54, 1.807) is 24.3 Å². The zero-order valence-corrected chi connectivity index (χ0v) is 11.6. The molecule has 21 heavy (non-hydrogen) atoms. The minimum Gasteiger partial charge on any atom is -0.364 e. The van der Waals surface area contributed by atoms with E-state index in [9.17, 15) is 13.2 Å². The van der Waals surface area contributed by atoms with Gasteiger partial charge >= 0.3 is 0 Å². The van der Waals surface area contributed by atoms with E-state index in [1.165, 1.54) is 30.6 Å². The van der Waals surface area contributed by atoms with Crippen molar-refractivity contribution in [2.45, 2.75) is 4.90 Å². The van der Waals surface area contributed by atoms with Crippen molar-refractivity contribution in [2.75, 3.05) is 0 Å². The number of nitrogens with two attached hydrogens (primary N) is 1. The van der Waals surface area contributed by atoms with Crippen molar-refractivity contribution in [3.63, 3.8) is 0 Å². The predicted octanol–water partition coefficient (Wildman–Crippen LogP) is 1.37. The van der Waals surface area contributed by atoms with Gasteiger partial charge in [-0.05, 0) is 24.3 Å². The highest BCUT2D eigenvalue weighted by Gasteiger charge is 2.25. The molecule has 0 saturated heterocycles. The average Bonchev–Trinajstić information content (AvgIpc) is 2.88. The van der Waals surface area contributed by atoms with Crippen LogP contribution in [0.4, 0.5) is 0 Å². The molecule has 0 aliphatic rings. The van der Waals surface area contributed by atoms with E-state index < -0.39 is 15.9 Å². The third-order valence-corrected chi connectivity index (χ3v) is 4.84. The summed E-state index contributed by atoms with van der Waals surface area (Å²) in [5, 5.41) is 0.582. The van der Waals surface area contributed by atoms with Gasteiger partial charge in [0.1, 0.15) is 5.69 Å². The Morgan fingerprint density at radius 2 is 1.86 bits per heavy atom. The summed E-state index contributed by atoms with van der Waals surface area (Å²) in [7, 11) is -3.92. The van der Waals surface area contributed by atoms with Crippen LogP contribution in [0.25, 0.3) is 10.9 Å². The molecule has 1 amide bonds. The summed E-state index contributed by atoms with van der Waals surface area (Å²) in [5.74, 6) is -0.814. The van der Waals surface area contributed by atoms with Crippen LogP contribution in [0, 0.1) is 0 Å². The number of nitrogens with zero attached hydrogens (tertiary/aromatic N) is 2. The second-order valence-corrected chi connectivity index (χ2v) is 6.20. The third kappa shape index (κ3) is 2.07. The number of rotatable bonds is 3.